The van der Waals surface area contributed by atoms with Crippen LogP contribution in [0.5, 0.6) is 0 Å². The third kappa shape index (κ3) is 4.49. The van der Waals surface area contributed by atoms with Gasteiger partial charge in [-0.1, -0.05) is 18.2 Å². The Labute approximate surface area is 156 Å². The van der Waals surface area contributed by atoms with E-state index in [0.717, 1.165) is 32.4 Å². The SMILES string of the molecule is O=C(Nc1ccccc1C(=O)NCC(=O)N1CCCCC1)c1cccs1. The summed E-state index contributed by atoms with van der Waals surface area (Å²) in [6, 6.07) is 10.3. The molecule has 1 aliphatic heterocycles. The molecule has 1 fully saturated rings. The first-order chi connectivity index (χ1) is 12.6. The van der Waals surface area contributed by atoms with Crippen LogP contribution in [0.1, 0.15) is 39.3 Å². The summed E-state index contributed by atoms with van der Waals surface area (Å²) in [5, 5.41) is 7.24. The Morgan fingerprint density at radius 1 is 0.962 bits per heavy atom. The van der Waals surface area contributed by atoms with Gasteiger partial charge in [-0.05, 0) is 42.8 Å². The zero-order valence-electron chi connectivity index (χ0n) is 14.4. The Morgan fingerprint density at radius 2 is 1.73 bits per heavy atom. The molecule has 2 heterocycles. The Balaban J connectivity index is 1.62. The van der Waals surface area contributed by atoms with Crippen LogP contribution >= 0.6 is 11.3 Å². The van der Waals surface area contributed by atoms with E-state index in [9.17, 15) is 14.4 Å². The quantitative estimate of drug-likeness (QED) is 0.848. The third-order valence-corrected chi connectivity index (χ3v) is 5.14. The molecule has 1 aromatic carbocycles. The first kappa shape index (κ1) is 18.1. The molecule has 0 bridgehead atoms. The minimum Gasteiger partial charge on any atom is -0.343 e. The molecule has 0 spiro atoms. The summed E-state index contributed by atoms with van der Waals surface area (Å²) in [5.74, 6) is -0.708. The minimum atomic E-state index is -0.377. The van der Waals surface area contributed by atoms with Crippen molar-refractivity contribution in [3.63, 3.8) is 0 Å². The molecule has 7 heteroatoms. The Kier molecular flexibility index (Phi) is 6.01. The monoisotopic (exact) mass is 371 g/mol. The zero-order valence-corrected chi connectivity index (χ0v) is 15.2. The number of anilines is 1. The fraction of sp³-hybridized carbons (Fsp3) is 0.316. The van der Waals surface area contributed by atoms with Gasteiger partial charge in [-0.15, -0.1) is 11.3 Å². The molecule has 136 valence electrons. The molecule has 26 heavy (non-hydrogen) atoms. The molecular weight excluding hydrogens is 350 g/mol. The lowest BCUT2D eigenvalue weighted by Gasteiger charge is -2.26. The van der Waals surface area contributed by atoms with Crippen molar-refractivity contribution < 1.29 is 14.4 Å². The average Bonchev–Trinajstić information content (AvgIpc) is 3.22. The molecule has 2 N–H and O–H groups in total. The van der Waals surface area contributed by atoms with Gasteiger partial charge in [0.05, 0.1) is 22.7 Å². The van der Waals surface area contributed by atoms with Crippen LogP contribution in [-0.4, -0.2) is 42.3 Å². The molecule has 0 unspecified atom stereocenters. The van der Waals surface area contributed by atoms with Crippen LogP contribution in [0.4, 0.5) is 5.69 Å². The van der Waals surface area contributed by atoms with Crippen molar-refractivity contribution in [2.45, 2.75) is 19.3 Å². The van der Waals surface area contributed by atoms with Gasteiger partial charge in [-0.3, -0.25) is 14.4 Å². The molecule has 1 saturated heterocycles. The minimum absolute atomic E-state index is 0.0357. The van der Waals surface area contributed by atoms with Crippen LogP contribution in [0, 0.1) is 0 Å². The van der Waals surface area contributed by atoms with Gasteiger partial charge in [0.2, 0.25) is 5.91 Å². The number of benzene rings is 1. The molecule has 6 nitrogen and oxygen atoms in total. The first-order valence-electron chi connectivity index (χ1n) is 8.65. The number of carbonyl (C=O) groups is 3. The lowest BCUT2D eigenvalue weighted by atomic mass is 10.1. The second-order valence-corrected chi connectivity index (χ2v) is 7.05. The van der Waals surface area contributed by atoms with Crippen LogP contribution in [0.25, 0.3) is 0 Å². The number of nitrogens with one attached hydrogen (secondary N) is 2. The molecule has 0 radical (unpaired) electrons. The number of thiophene rings is 1. The van der Waals surface area contributed by atoms with Crippen LogP contribution < -0.4 is 10.6 Å². The van der Waals surface area contributed by atoms with Gasteiger partial charge in [-0.25, -0.2) is 0 Å². The number of hydrogen-bond donors (Lipinski definition) is 2. The number of hydrogen-bond acceptors (Lipinski definition) is 4. The van der Waals surface area contributed by atoms with Crippen molar-refractivity contribution >= 4 is 34.7 Å². The molecular formula is C19H21N3O3S. The Morgan fingerprint density at radius 3 is 2.46 bits per heavy atom. The second-order valence-electron chi connectivity index (χ2n) is 6.10. The van der Waals surface area contributed by atoms with Crippen LogP contribution in [-0.2, 0) is 4.79 Å². The molecule has 3 rings (SSSR count). The second kappa shape index (κ2) is 8.62. The lowest BCUT2D eigenvalue weighted by Crippen LogP contribution is -2.42. The van der Waals surface area contributed by atoms with Crippen molar-refractivity contribution in [2.24, 2.45) is 0 Å². The third-order valence-electron chi connectivity index (χ3n) is 4.27. The lowest BCUT2D eigenvalue weighted by molar-refractivity contribution is -0.130. The smallest absolute Gasteiger partial charge is 0.265 e. The van der Waals surface area contributed by atoms with Crippen molar-refractivity contribution in [2.75, 3.05) is 25.0 Å². The van der Waals surface area contributed by atoms with Gasteiger partial charge >= 0.3 is 0 Å². The van der Waals surface area contributed by atoms with E-state index in [-0.39, 0.29) is 24.3 Å². The Hall–Kier alpha value is -2.67. The summed E-state index contributed by atoms with van der Waals surface area (Å²) in [4.78, 5) is 39.3. The van der Waals surface area contributed by atoms with E-state index in [4.69, 9.17) is 0 Å². The van der Waals surface area contributed by atoms with E-state index in [0.29, 0.717) is 16.1 Å². The van der Waals surface area contributed by atoms with E-state index in [1.54, 1.807) is 41.3 Å². The largest absolute Gasteiger partial charge is 0.343 e. The summed E-state index contributed by atoms with van der Waals surface area (Å²) < 4.78 is 0. The van der Waals surface area contributed by atoms with E-state index in [2.05, 4.69) is 10.6 Å². The number of amides is 3. The summed E-state index contributed by atoms with van der Waals surface area (Å²) in [5.41, 5.74) is 0.762. The molecule has 1 aliphatic rings. The van der Waals surface area contributed by atoms with Gasteiger partial charge in [0.15, 0.2) is 0 Å². The molecule has 2 aromatic rings. The maximum absolute atomic E-state index is 12.5. The highest BCUT2D eigenvalue weighted by Gasteiger charge is 2.19. The van der Waals surface area contributed by atoms with Gasteiger partial charge in [0.25, 0.3) is 11.8 Å². The topological polar surface area (TPSA) is 78.5 Å². The molecule has 0 saturated carbocycles. The number of likely N-dealkylation sites (tertiary alicyclic amines) is 1. The van der Waals surface area contributed by atoms with Crippen molar-refractivity contribution in [3.05, 3.63) is 52.2 Å². The van der Waals surface area contributed by atoms with Crippen molar-refractivity contribution in [3.8, 4) is 0 Å². The highest BCUT2D eigenvalue weighted by molar-refractivity contribution is 7.12. The van der Waals surface area contributed by atoms with Crippen molar-refractivity contribution in [1.29, 1.82) is 0 Å². The number of nitrogens with zero attached hydrogens (tertiary/aromatic N) is 1. The van der Waals surface area contributed by atoms with Crippen LogP contribution in [0.15, 0.2) is 41.8 Å². The zero-order chi connectivity index (χ0) is 18.4. The molecule has 0 atom stereocenters. The van der Waals surface area contributed by atoms with Gasteiger partial charge in [0.1, 0.15) is 0 Å². The fourth-order valence-electron chi connectivity index (χ4n) is 2.89. The van der Waals surface area contributed by atoms with Crippen LogP contribution in [0.3, 0.4) is 0 Å². The highest BCUT2D eigenvalue weighted by Crippen LogP contribution is 2.18. The number of piperidine rings is 1. The highest BCUT2D eigenvalue weighted by atomic mass is 32.1. The Bertz CT molecular complexity index is 783. The standard InChI is InChI=1S/C19H21N3O3S/c23-17(22-10-4-1-5-11-22)13-20-18(24)14-7-2-3-8-15(14)21-19(25)16-9-6-12-26-16/h2-3,6-9,12H,1,4-5,10-11,13H2,(H,20,24)(H,21,25). The maximum atomic E-state index is 12.5. The first-order valence-corrected chi connectivity index (χ1v) is 9.53. The number of carbonyl (C=O) groups excluding carboxylic acids is 3. The predicted molar refractivity (Wildman–Crippen MR) is 101 cm³/mol. The van der Waals surface area contributed by atoms with E-state index in [1.807, 2.05) is 5.38 Å². The summed E-state index contributed by atoms with van der Waals surface area (Å²) >= 11 is 1.33. The molecule has 1 aromatic heterocycles. The van der Waals surface area contributed by atoms with E-state index >= 15 is 0 Å². The van der Waals surface area contributed by atoms with Crippen molar-refractivity contribution in [1.82, 2.24) is 10.2 Å². The van der Waals surface area contributed by atoms with Crippen LogP contribution in [0.2, 0.25) is 0 Å². The normalized spacial score (nSPS) is 13.9. The van der Waals surface area contributed by atoms with Gasteiger partial charge in [0, 0.05) is 13.1 Å². The predicted octanol–water partition coefficient (Wildman–Crippen LogP) is 2.74. The van der Waals surface area contributed by atoms with E-state index < -0.39 is 0 Å². The maximum Gasteiger partial charge on any atom is 0.265 e. The number of rotatable bonds is 5. The van der Waals surface area contributed by atoms with E-state index in [1.165, 1.54) is 11.3 Å². The molecule has 3 amide bonds. The fourth-order valence-corrected chi connectivity index (χ4v) is 3.51. The summed E-state index contributed by atoms with van der Waals surface area (Å²) in [6.45, 7) is 1.47. The van der Waals surface area contributed by atoms with Gasteiger partial charge in [-0.2, -0.15) is 0 Å². The summed E-state index contributed by atoms with van der Waals surface area (Å²) in [6.07, 6.45) is 3.17. The summed E-state index contributed by atoms with van der Waals surface area (Å²) in [7, 11) is 0. The molecule has 0 aliphatic carbocycles. The number of para-hydroxylation sites is 1. The average molecular weight is 371 g/mol. The van der Waals surface area contributed by atoms with Gasteiger partial charge < -0.3 is 15.5 Å².